The summed E-state index contributed by atoms with van der Waals surface area (Å²) in [6.45, 7) is 2.05. The van der Waals surface area contributed by atoms with Gasteiger partial charge in [0.15, 0.2) is 0 Å². The molecule has 4 rings (SSSR count). The van der Waals surface area contributed by atoms with E-state index in [0.717, 1.165) is 16.9 Å². The number of hydrogen-bond acceptors (Lipinski definition) is 6. The zero-order valence-electron chi connectivity index (χ0n) is 16.7. The molecule has 0 saturated carbocycles. The predicted octanol–water partition coefficient (Wildman–Crippen LogP) is 2.31. The number of thioether (sulfide) groups is 1. The number of fused-ring (bicyclic) bond motifs is 1. The Hall–Kier alpha value is -2.42. The number of nitrogens with one attached hydrogen (secondary N) is 2. The smallest absolute Gasteiger partial charge is 0.311 e. The highest BCUT2D eigenvalue weighted by atomic mass is 32.2. The molecule has 2 N–H and O–H groups in total. The van der Waals surface area contributed by atoms with Crippen molar-refractivity contribution in [3.8, 4) is 0 Å². The van der Waals surface area contributed by atoms with Crippen LogP contribution in [0.2, 0.25) is 0 Å². The highest BCUT2D eigenvalue weighted by Crippen LogP contribution is 2.35. The lowest BCUT2D eigenvalue weighted by Crippen LogP contribution is -2.72. The fourth-order valence-electron chi connectivity index (χ4n) is 3.82. The summed E-state index contributed by atoms with van der Waals surface area (Å²) in [6, 6.07) is 11.9. The summed E-state index contributed by atoms with van der Waals surface area (Å²) in [7, 11) is 3.29. The number of imide groups is 1. The Kier molecular flexibility index (Phi) is 5.58. The number of pyridine rings is 1. The van der Waals surface area contributed by atoms with E-state index in [-0.39, 0.29) is 35.6 Å². The molecule has 0 bridgehead atoms. The Bertz CT molecular complexity index is 892. The first-order chi connectivity index (χ1) is 14.0. The zero-order chi connectivity index (χ0) is 20.5. The van der Waals surface area contributed by atoms with Gasteiger partial charge in [0.25, 0.3) is 0 Å². The first-order valence-electron chi connectivity index (χ1n) is 9.59. The van der Waals surface area contributed by atoms with E-state index in [0.29, 0.717) is 0 Å². The molecule has 3 heterocycles. The first-order valence-corrected chi connectivity index (χ1v) is 10.6. The molecule has 29 heavy (non-hydrogen) atoms. The molecule has 4 atom stereocenters. The van der Waals surface area contributed by atoms with E-state index in [2.05, 4.69) is 46.8 Å². The third-order valence-electron chi connectivity index (χ3n) is 5.52. The fourth-order valence-corrected chi connectivity index (χ4v) is 5.07. The van der Waals surface area contributed by atoms with Crippen LogP contribution in [0.15, 0.2) is 48.8 Å². The van der Waals surface area contributed by atoms with Crippen LogP contribution in [0.3, 0.4) is 0 Å². The molecule has 0 radical (unpaired) electrons. The van der Waals surface area contributed by atoms with Gasteiger partial charge in [0, 0.05) is 32.2 Å². The van der Waals surface area contributed by atoms with Gasteiger partial charge in [0.05, 0.1) is 23.6 Å². The molecule has 2 aliphatic rings. The lowest BCUT2D eigenvalue weighted by Gasteiger charge is -2.50. The van der Waals surface area contributed by atoms with Gasteiger partial charge in [-0.1, -0.05) is 35.9 Å². The van der Waals surface area contributed by atoms with Gasteiger partial charge < -0.3 is 4.90 Å². The monoisotopic (exact) mass is 411 g/mol. The minimum atomic E-state index is -0.383. The van der Waals surface area contributed by atoms with Crippen LogP contribution in [0, 0.1) is 12.8 Å². The molecule has 7 nitrogen and oxygen atoms in total. The molecule has 2 aliphatic heterocycles. The maximum Gasteiger partial charge on any atom is 0.327 e. The molecule has 2 aromatic rings. The molecular formula is C21H25N5O2S. The zero-order valence-corrected chi connectivity index (χ0v) is 17.5. The maximum absolute atomic E-state index is 13.0. The SMILES string of the molecule is Cc1ccc(C2NC(SCc3cccnc3)C3C(=O)N(C)C(=O)N(C)C3N2)cc1. The van der Waals surface area contributed by atoms with E-state index < -0.39 is 0 Å². The lowest BCUT2D eigenvalue weighted by atomic mass is 9.96. The quantitative estimate of drug-likeness (QED) is 0.804. The molecule has 152 valence electrons. The van der Waals surface area contributed by atoms with Crippen LogP contribution in [0.1, 0.15) is 22.9 Å². The summed E-state index contributed by atoms with van der Waals surface area (Å²) in [5.74, 6) is 0.180. The summed E-state index contributed by atoms with van der Waals surface area (Å²) in [4.78, 5) is 32.5. The van der Waals surface area contributed by atoms with Crippen LogP contribution in [0.4, 0.5) is 4.79 Å². The second-order valence-corrected chi connectivity index (χ2v) is 8.66. The number of hydrogen-bond donors (Lipinski definition) is 2. The number of amides is 3. The summed E-state index contributed by atoms with van der Waals surface area (Å²) < 4.78 is 0. The third kappa shape index (κ3) is 3.88. The first kappa shape index (κ1) is 19.9. The van der Waals surface area contributed by atoms with E-state index in [1.54, 1.807) is 37.0 Å². The number of benzene rings is 1. The molecule has 4 unspecified atom stereocenters. The second-order valence-electron chi connectivity index (χ2n) is 7.53. The van der Waals surface area contributed by atoms with Crippen molar-refractivity contribution in [2.45, 2.75) is 30.4 Å². The van der Waals surface area contributed by atoms with Gasteiger partial charge >= 0.3 is 6.03 Å². The van der Waals surface area contributed by atoms with Crippen molar-refractivity contribution in [1.29, 1.82) is 0 Å². The highest BCUT2D eigenvalue weighted by molar-refractivity contribution is 7.99. The maximum atomic E-state index is 13.0. The second kappa shape index (κ2) is 8.14. The Morgan fingerprint density at radius 2 is 1.86 bits per heavy atom. The van der Waals surface area contributed by atoms with Gasteiger partial charge in [0.2, 0.25) is 5.91 Å². The van der Waals surface area contributed by atoms with Gasteiger partial charge in [0.1, 0.15) is 0 Å². The third-order valence-corrected chi connectivity index (χ3v) is 6.81. The Labute approximate surface area is 174 Å². The topological polar surface area (TPSA) is 77.6 Å². The molecule has 1 aromatic heterocycles. The number of nitrogens with zero attached hydrogens (tertiary/aromatic N) is 3. The number of carbonyl (C=O) groups is 2. The minimum Gasteiger partial charge on any atom is -0.311 e. The Morgan fingerprint density at radius 1 is 1.10 bits per heavy atom. The Morgan fingerprint density at radius 3 is 2.55 bits per heavy atom. The summed E-state index contributed by atoms with van der Waals surface area (Å²) in [5.41, 5.74) is 3.36. The minimum absolute atomic E-state index is 0.154. The number of aryl methyl sites for hydroxylation is 1. The lowest BCUT2D eigenvalue weighted by molar-refractivity contribution is -0.140. The molecule has 0 spiro atoms. The summed E-state index contributed by atoms with van der Waals surface area (Å²) >= 11 is 1.67. The van der Waals surface area contributed by atoms with Crippen LogP contribution < -0.4 is 10.6 Å². The van der Waals surface area contributed by atoms with Crippen LogP contribution >= 0.6 is 11.8 Å². The predicted molar refractivity (Wildman–Crippen MR) is 113 cm³/mol. The van der Waals surface area contributed by atoms with E-state index >= 15 is 0 Å². The van der Waals surface area contributed by atoms with Gasteiger partial charge in [-0.2, -0.15) is 0 Å². The van der Waals surface area contributed by atoms with Crippen molar-refractivity contribution < 1.29 is 9.59 Å². The van der Waals surface area contributed by atoms with Gasteiger partial charge in [-0.3, -0.25) is 25.3 Å². The van der Waals surface area contributed by atoms with Crippen LogP contribution in [-0.4, -0.2) is 52.4 Å². The van der Waals surface area contributed by atoms with E-state index in [1.807, 2.05) is 18.3 Å². The number of aromatic nitrogens is 1. The van der Waals surface area contributed by atoms with Crippen molar-refractivity contribution in [2.75, 3.05) is 14.1 Å². The molecule has 1 aromatic carbocycles. The number of urea groups is 1. The van der Waals surface area contributed by atoms with Crippen molar-refractivity contribution in [1.82, 2.24) is 25.4 Å². The van der Waals surface area contributed by atoms with Gasteiger partial charge in [-0.15, -0.1) is 11.8 Å². The molecule has 0 aliphatic carbocycles. The molecular weight excluding hydrogens is 386 g/mol. The average molecular weight is 412 g/mol. The van der Waals surface area contributed by atoms with Crippen molar-refractivity contribution in [3.63, 3.8) is 0 Å². The van der Waals surface area contributed by atoms with E-state index in [4.69, 9.17) is 0 Å². The van der Waals surface area contributed by atoms with Crippen molar-refractivity contribution >= 4 is 23.7 Å². The van der Waals surface area contributed by atoms with E-state index in [1.165, 1.54) is 10.5 Å². The number of rotatable bonds is 4. The molecule has 2 fully saturated rings. The normalized spacial score (nSPS) is 27.1. The van der Waals surface area contributed by atoms with Crippen molar-refractivity contribution in [2.24, 2.45) is 5.92 Å². The van der Waals surface area contributed by atoms with Gasteiger partial charge in [-0.05, 0) is 24.1 Å². The summed E-state index contributed by atoms with van der Waals surface area (Å²) in [6.07, 6.45) is 3.06. The van der Waals surface area contributed by atoms with Crippen LogP contribution in [0.25, 0.3) is 0 Å². The van der Waals surface area contributed by atoms with Gasteiger partial charge in [-0.25, -0.2) is 4.79 Å². The number of carbonyl (C=O) groups excluding carboxylic acids is 2. The molecule has 8 heteroatoms. The molecule has 3 amide bonds. The van der Waals surface area contributed by atoms with Crippen LogP contribution in [-0.2, 0) is 10.5 Å². The fraction of sp³-hybridized carbons (Fsp3) is 0.381. The van der Waals surface area contributed by atoms with Crippen molar-refractivity contribution in [3.05, 3.63) is 65.5 Å². The average Bonchev–Trinajstić information content (AvgIpc) is 2.75. The van der Waals surface area contributed by atoms with Crippen LogP contribution in [0.5, 0.6) is 0 Å². The highest BCUT2D eigenvalue weighted by Gasteiger charge is 2.50. The Balaban J connectivity index is 1.62. The standard InChI is InChI=1S/C21H25N5O2S/c1-13-6-8-15(9-7-13)17-23-18-16(20(27)26(3)21(28)25(18)2)19(24-17)29-12-14-5-4-10-22-11-14/h4-11,16-19,23-24H,12H2,1-3H3. The largest absolute Gasteiger partial charge is 0.327 e. The van der Waals surface area contributed by atoms with E-state index in [9.17, 15) is 9.59 Å². The molecule has 2 saturated heterocycles. The summed E-state index contributed by atoms with van der Waals surface area (Å²) in [5, 5.41) is 6.91.